The number of rotatable bonds is 67. The highest BCUT2D eigenvalue weighted by atomic mass is 16.6. The molecule has 6 heteroatoms. The highest BCUT2D eigenvalue weighted by molar-refractivity contribution is 5.71. The first-order valence-electron chi connectivity index (χ1n) is 36.4. The van der Waals surface area contributed by atoms with Gasteiger partial charge in [-0.25, -0.2) is 0 Å². The van der Waals surface area contributed by atoms with E-state index >= 15 is 0 Å². The molecule has 0 N–H and O–H groups in total. The Bertz CT molecular complexity index is 1520. The summed E-state index contributed by atoms with van der Waals surface area (Å²) in [5, 5.41) is 0. The fourth-order valence-electron chi connectivity index (χ4n) is 10.8. The fourth-order valence-corrected chi connectivity index (χ4v) is 10.8. The summed E-state index contributed by atoms with van der Waals surface area (Å²) >= 11 is 0. The average molecular weight is 1160 g/mol. The van der Waals surface area contributed by atoms with Crippen molar-refractivity contribution in [3.05, 3.63) is 72.9 Å². The second-order valence-corrected chi connectivity index (χ2v) is 24.5. The largest absolute Gasteiger partial charge is 0.462 e. The Morgan fingerprint density at radius 2 is 0.470 bits per heavy atom. The van der Waals surface area contributed by atoms with Crippen molar-refractivity contribution >= 4 is 17.9 Å². The van der Waals surface area contributed by atoms with Gasteiger partial charge in [0.1, 0.15) is 13.2 Å². The molecule has 0 heterocycles. The summed E-state index contributed by atoms with van der Waals surface area (Å²) in [6, 6.07) is 0. The molecule has 0 amide bonds. The van der Waals surface area contributed by atoms with Crippen LogP contribution in [0.1, 0.15) is 380 Å². The molecule has 1 unspecified atom stereocenters. The van der Waals surface area contributed by atoms with Gasteiger partial charge in [-0.3, -0.25) is 14.4 Å². The molecule has 0 aromatic heterocycles. The zero-order valence-electron chi connectivity index (χ0n) is 55.5. The lowest BCUT2D eigenvalue weighted by Gasteiger charge is -2.18. The Kier molecular flexibility index (Phi) is 68.6. The van der Waals surface area contributed by atoms with Crippen molar-refractivity contribution < 1.29 is 28.6 Å². The van der Waals surface area contributed by atoms with E-state index in [4.69, 9.17) is 14.2 Å². The van der Waals surface area contributed by atoms with Gasteiger partial charge in [0.15, 0.2) is 6.10 Å². The molecule has 1 atom stereocenters. The minimum absolute atomic E-state index is 0.0831. The van der Waals surface area contributed by atoms with Gasteiger partial charge in [-0.1, -0.05) is 344 Å². The number of carbonyl (C=O) groups is 3. The van der Waals surface area contributed by atoms with Crippen LogP contribution in [0.4, 0.5) is 0 Å². The summed E-state index contributed by atoms with van der Waals surface area (Å²) in [4.78, 5) is 38.4. The zero-order chi connectivity index (χ0) is 59.9. The standard InChI is InChI=1S/C77H138O6/c1-4-7-10-13-16-19-22-25-27-29-31-33-35-37-38-40-41-43-45-47-49-52-55-58-61-64-67-70-76(79)82-73-74(72-81-75(78)69-66-63-60-57-54-51-24-21-18-15-12-9-6-3)83-77(80)71-68-65-62-59-56-53-50-48-46-44-42-39-36-34-32-30-28-26-23-20-17-14-11-8-5-2/h9,12,18,21,23,26,30,32,36,39,51,54,74H,4-8,10-11,13-17,19-20,22,24-25,27-29,31,33-35,37-38,40-50,52-53,55-73H2,1-3H3/b12-9-,21-18-,26-23-,32-30-,39-36-,54-51-. The monoisotopic (exact) mass is 1160 g/mol. The van der Waals surface area contributed by atoms with Gasteiger partial charge in [-0.05, 0) is 89.9 Å². The Morgan fingerprint density at radius 3 is 0.747 bits per heavy atom. The highest BCUT2D eigenvalue weighted by Crippen LogP contribution is 2.18. The smallest absolute Gasteiger partial charge is 0.306 e. The van der Waals surface area contributed by atoms with E-state index in [1.54, 1.807) is 0 Å². The van der Waals surface area contributed by atoms with Crippen LogP contribution in [0.5, 0.6) is 0 Å². The number of ether oxygens (including phenoxy) is 3. The molecule has 0 aliphatic carbocycles. The normalized spacial score (nSPS) is 12.5. The van der Waals surface area contributed by atoms with E-state index in [0.717, 1.165) is 96.3 Å². The summed E-state index contributed by atoms with van der Waals surface area (Å²) in [6.45, 7) is 6.55. The minimum atomic E-state index is -0.790. The van der Waals surface area contributed by atoms with Gasteiger partial charge in [0, 0.05) is 19.3 Å². The molecule has 0 saturated heterocycles. The van der Waals surface area contributed by atoms with Gasteiger partial charge in [0.2, 0.25) is 0 Å². The maximum absolute atomic E-state index is 13.0. The molecule has 6 nitrogen and oxygen atoms in total. The molecule has 482 valence electrons. The Hall–Kier alpha value is -3.15. The van der Waals surface area contributed by atoms with Crippen molar-refractivity contribution in [2.24, 2.45) is 0 Å². The number of esters is 3. The molecule has 0 aromatic rings. The SMILES string of the molecule is CC/C=C\C/C=C\C/C=C\CCCCCC(=O)OCC(COC(=O)CCCCCCCCCCCCCCCCCCCCCCCCCCCCC)OC(=O)CCCCCCCCCCCC/C=C\C/C=C\C/C=C\CCCCCCC. The number of carbonyl (C=O) groups excluding carboxylic acids is 3. The number of unbranched alkanes of at least 4 members (excludes halogenated alkanes) is 44. The van der Waals surface area contributed by atoms with E-state index in [0.29, 0.717) is 19.3 Å². The van der Waals surface area contributed by atoms with Crippen LogP contribution < -0.4 is 0 Å². The van der Waals surface area contributed by atoms with Crippen LogP contribution >= 0.6 is 0 Å². The van der Waals surface area contributed by atoms with E-state index in [9.17, 15) is 14.4 Å². The third kappa shape index (κ3) is 69.5. The van der Waals surface area contributed by atoms with Crippen LogP contribution in [0.25, 0.3) is 0 Å². The van der Waals surface area contributed by atoms with Gasteiger partial charge in [0.25, 0.3) is 0 Å². The van der Waals surface area contributed by atoms with E-state index in [1.807, 2.05) is 0 Å². The van der Waals surface area contributed by atoms with Crippen LogP contribution in [0.2, 0.25) is 0 Å². The molecule has 0 radical (unpaired) electrons. The number of hydrogen-bond acceptors (Lipinski definition) is 6. The number of allylic oxidation sites excluding steroid dienone is 12. The molecular weight excluding hydrogens is 1020 g/mol. The van der Waals surface area contributed by atoms with Gasteiger partial charge in [-0.15, -0.1) is 0 Å². The molecule has 0 rings (SSSR count). The quantitative estimate of drug-likeness (QED) is 0.0261. The number of hydrogen-bond donors (Lipinski definition) is 0. The van der Waals surface area contributed by atoms with E-state index in [-0.39, 0.29) is 31.1 Å². The van der Waals surface area contributed by atoms with Crippen molar-refractivity contribution in [1.82, 2.24) is 0 Å². The lowest BCUT2D eigenvalue weighted by molar-refractivity contribution is -0.167. The summed E-state index contributed by atoms with van der Waals surface area (Å²) in [5.41, 5.74) is 0. The molecule has 0 aliphatic rings. The topological polar surface area (TPSA) is 78.9 Å². The van der Waals surface area contributed by atoms with Crippen molar-refractivity contribution in [1.29, 1.82) is 0 Å². The van der Waals surface area contributed by atoms with Crippen molar-refractivity contribution in [3.63, 3.8) is 0 Å². The van der Waals surface area contributed by atoms with Gasteiger partial charge >= 0.3 is 17.9 Å². The Morgan fingerprint density at radius 1 is 0.253 bits per heavy atom. The van der Waals surface area contributed by atoms with Crippen LogP contribution in [0.15, 0.2) is 72.9 Å². The zero-order valence-corrected chi connectivity index (χ0v) is 55.5. The molecule has 0 bridgehead atoms. The lowest BCUT2D eigenvalue weighted by atomic mass is 10.0. The third-order valence-corrected chi connectivity index (χ3v) is 16.2. The molecule has 0 spiro atoms. The Balaban J connectivity index is 4.24. The molecule has 0 aromatic carbocycles. The molecular formula is C77H138O6. The van der Waals surface area contributed by atoms with Crippen molar-refractivity contribution in [2.75, 3.05) is 13.2 Å². The van der Waals surface area contributed by atoms with Crippen LogP contribution in [0.3, 0.4) is 0 Å². The molecule has 0 aliphatic heterocycles. The van der Waals surface area contributed by atoms with Crippen molar-refractivity contribution in [2.45, 2.75) is 386 Å². The molecule has 0 fully saturated rings. The predicted molar refractivity (Wildman–Crippen MR) is 362 cm³/mol. The van der Waals surface area contributed by atoms with Gasteiger partial charge < -0.3 is 14.2 Å². The van der Waals surface area contributed by atoms with Crippen molar-refractivity contribution in [3.8, 4) is 0 Å². The second kappa shape index (κ2) is 71.3. The second-order valence-electron chi connectivity index (χ2n) is 24.5. The van der Waals surface area contributed by atoms with E-state index < -0.39 is 6.10 Å². The molecule has 0 saturated carbocycles. The lowest BCUT2D eigenvalue weighted by Crippen LogP contribution is -2.30. The van der Waals surface area contributed by atoms with Gasteiger partial charge in [-0.2, -0.15) is 0 Å². The summed E-state index contributed by atoms with van der Waals surface area (Å²) < 4.78 is 17.0. The maximum atomic E-state index is 13.0. The van der Waals surface area contributed by atoms with Gasteiger partial charge in [0.05, 0.1) is 0 Å². The van der Waals surface area contributed by atoms with Crippen LogP contribution in [-0.4, -0.2) is 37.2 Å². The average Bonchev–Trinajstić information content (AvgIpc) is 3.49. The summed E-state index contributed by atoms with van der Waals surface area (Å²) in [5.74, 6) is -0.897. The van der Waals surface area contributed by atoms with E-state index in [1.165, 1.54) is 244 Å². The first-order valence-corrected chi connectivity index (χ1v) is 36.4. The van der Waals surface area contributed by atoms with Crippen LogP contribution in [-0.2, 0) is 28.6 Å². The van der Waals surface area contributed by atoms with Crippen LogP contribution in [0, 0.1) is 0 Å². The first kappa shape index (κ1) is 79.8. The maximum Gasteiger partial charge on any atom is 0.306 e. The third-order valence-electron chi connectivity index (χ3n) is 16.2. The Labute approximate surface area is 516 Å². The highest BCUT2D eigenvalue weighted by Gasteiger charge is 2.19. The minimum Gasteiger partial charge on any atom is -0.462 e. The summed E-state index contributed by atoms with van der Waals surface area (Å²) in [6.07, 6.45) is 93.8. The fraction of sp³-hybridized carbons (Fsp3) is 0.805. The predicted octanol–water partition coefficient (Wildman–Crippen LogP) is 25.2. The molecule has 83 heavy (non-hydrogen) atoms. The summed E-state index contributed by atoms with van der Waals surface area (Å²) in [7, 11) is 0. The van der Waals surface area contributed by atoms with E-state index in [2.05, 4.69) is 93.7 Å². The first-order chi connectivity index (χ1) is 41.0.